The van der Waals surface area contributed by atoms with Gasteiger partial charge in [-0.15, -0.1) is 0 Å². The summed E-state index contributed by atoms with van der Waals surface area (Å²) in [5.41, 5.74) is 1.73. The number of amides is 1. The van der Waals surface area contributed by atoms with Crippen molar-refractivity contribution in [3.8, 4) is 0 Å². The normalized spacial score (nSPS) is 20.3. The average Bonchev–Trinajstić information content (AvgIpc) is 2.83. The molecule has 1 aromatic carbocycles. The highest BCUT2D eigenvalue weighted by molar-refractivity contribution is 7.93. The minimum atomic E-state index is -3.52. The maximum Gasteiger partial charge on any atom is 0.245 e. The first kappa shape index (κ1) is 17.2. The number of hydrogen-bond acceptors (Lipinski definition) is 4. The Labute approximate surface area is 143 Å². The summed E-state index contributed by atoms with van der Waals surface area (Å²) >= 11 is 0. The number of rotatable bonds is 3. The van der Waals surface area contributed by atoms with Crippen molar-refractivity contribution in [3.05, 3.63) is 35.9 Å². The van der Waals surface area contributed by atoms with Gasteiger partial charge in [0.1, 0.15) is 5.25 Å². The van der Waals surface area contributed by atoms with Gasteiger partial charge in [-0.1, -0.05) is 30.4 Å². The second kappa shape index (κ2) is 7.07. The summed E-state index contributed by atoms with van der Waals surface area (Å²) in [6.07, 6.45) is 5.66. The van der Waals surface area contributed by atoms with E-state index in [1.165, 1.54) is 6.92 Å². The Morgan fingerprint density at radius 1 is 1.25 bits per heavy atom. The predicted octanol–water partition coefficient (Wildman–Crippen LogP) is 2.42. The SMILES string of the molecule is CC(C(=O)N1CCC=Cc2ccccc21)S(=O)(=O)C1CCOCC1. The number of carbonyl (C=O) groups excluding carboxylic acids is 1. The molecule has 0 spiro atoms. The summed E-state index contributed by atoms with van der Waals surface area (Å²) in [5, 5.41) is -1.52. The molecule has 0 bridgehead atoms. The standard InChI is InChI=1S/C18H23NO4S/c1-14(24(21,22)16-9-12-23-13-10-16)18(20)19-11-5-4-7-15-6-2-3-8-17(15)19/h2-4,6-8,14,16H,5,9-13H2,1H3. The van der Waals surface area contributed by atoms with Crippen LogP contribution in [0, 0.1) is 0 Å². The Kier molecular flexibility index (Phi) is 5.06. The fourth-order valence-electron chi connectivity index (χ4n) is 3.29. The maximum atomic E-state index is 13.0. The van der Waals surface area contributed by atoms with E-state index < -0.39 is 20.3 Å². The molecule has 3 rings (SSSR count). The van der Waals surface area contributed by atoms with Gasteiger partial charge in [0.25, 0.3) is 0 Å². The van der Waals surface area contributed by atoms with Crippen LogP contribution in [0.3, 0.4) is 0 Å². The Morgan fingerprint density at radius 3 is 2.71 bits per heavy atom. The van der Waals surface area contributed by atoms with Crippen molar-refractivity contribution in [1.82, 2.24) is 0 Å². The van der Waals surface area contributed by atoms with E-state index in [0.717, 1.165) is 11.3 Å². The van der Waals surface area contributed by atoms with E-state index in [2.05, 4.69) is 0 Å². The Bertz CT molecular complexity index is 735. The van der Waals surface area contributed by atoms with Crippen molar-refractivity contribution in [2.45, 2.75) is 36.7 Å². The molecule has 0 aliphatic carbocycles. The molecule has 1 unspecified atom stereocenters. The molecule has 5 nitrogen and oxygen atoms in total. The average molecular weight is 349 g/mol. The lowest BCUT2D eigenvalue weighted by atomic mass is 10.1. The summed E-state index contributed by atoms with van der Waals surface area (Å²) in [7, 11) is -3.52. The first-order valence-corrected chi connectivity index (χ1v) is 10.00. The molecule has 6 heteroatoms. The van der Waals surface area contributed by atoms with Gasteiger partial charge in [0.2, 0.25) is 5.91 Å². The first-order chi connectivity index (χ1) is 11.5. The second-order valence-corrected chi connectivity index (χ2v) is 8.83. The number of fused-ring (bicyclic) bond motifs is 1. The number of carbonyl (C=O) groups is 1. The topological polar surface area (TPSA) is 63.7 Å². The third kappa shape index (κ3) is 3.26. The quantitative estimate of drug-likeness (QED) is 0.841. The highest BCUT2D eigenvalue weighted by atomic mass is 32.2. The fourth-order valence-corrected chi connectivity index (χ4v) is 5.13. The lowest BCUT2D eigenvalue weighted by Crippen LogP contribution is -2.46. The first-order valence-electron chi connectivity index (χ1n) is 8.39. The van der Waals surface area contributed by atoms with Crippen molar-refractivity contribution in [2.75, 3.05) is 24.7 Å². The largest absolute Gasteiger partial charge is 0.381 e. The van der Waals surface area contributed by atoms with E-state index in [0.29, 0.717) is 39.0 Å². The highest BCUT2D eigenvalue weighted by Gasteiger charge is 2.39. The number of benzene rings is 1. The smallest absolute Gasteiger partial charge is 0.245 e. The third-order valence-electron chi connectivity index (χ3n) is 4.78. The zero-order chi connectivity index (χ0) is 17.2. The summed E-state index contributed by atoms with van der Waals surface area (Å²) in [4.78, 5) is 14.6. The molecule has 2 aliphatic rings. The summed E-state index contributed by atoms with van der Waals surface area (Å²) < 4.78 is 30.9. The molecule has 1 amide bonds. The van der Waals surface area contributed by atoms with Crippen LogP contribution < -0.4 is 4.90 Å². The van der Waals surface area contributed by atoms with E-state index >= 15 is 0 Å². The van der Waals surface area contributed by atoms with Gasteiger partial charge in [0.15, 0.2) is 9.84 Å². The Hall–Kier alpha value is -1.66. The van der Waals surface area contributed by atoms with Crippen molar-refractivity contribution >= 4 is 27.5 Å². The van der Waals surface area contributed by atoms with Crippen LogP contribution in [0.15, 0.2) is 30.3 Å². The van der Waals surface area contributed by atoms with E-state index in [1.807, 2.05) is 36.4 Å². The zero-order valence-corrected chi connectivity index (χ0v) is 14.7. The molecule has 2 heterocycles. The molecule has 0 saturated carbocycles. The van der Waals surface area contributed by atoms with Crippen LogP contribution in [-0.2, 0) is 19.4 Å². The molecule has 1 aromatic rings. The van der Waals surface area contributed by atoms with E-state index in [4.69, 9.17) is 4.74 Å². The van der Waals surface area contributed by atoms with Crippen LogP contribution in [0.5, 0.6) is 0 Å². The maximum absolute atomic E-state index is 13.0. The molecule has 130 valence electrons. The van der Waals surface area contributed by atoms with Crippen LogP contribution in [0.1, 0.15) is 31.7 Å². The van der Waals surface area contributed by atoms with Gasteiger partial charge in [-0.2, -0.15) is 0 Å². The van der Waals surface area contributed by atoms with E-state index in [9.17, 15) is 13.2 Å². The van der Waals surface area contributed by atoms with Gasteiger partial charge in [0.05, 0.1) is 10.9 Å². The molecule has 0 N–H and O–H groups in total. The number of ether oxygens (including phenoxy) is 1. The lowest BCUT2D eigenvalue weighted by Gasteiger charge is -2.29. The molecule has 1 saturated heterocycles. The van der Waals surface area contributed by atoms with Crippen LogP contribution in [-0.4, -0.2) is 44.6 Å². The Morgan fingerprint density at radius 2 is 1.96 bits per heavy atom. The van der Waals surface area contributed by atoms with Crippen molar-refractivity contribution in [2.24, 2.45) is 0 Å². The van der Waals surface area contributed by atoms with Gasteiger partial charge in [-0.05, 0) is 37.8 Å². The minimum absolute atomic E-state index is 0.336. The number of sulfone groups is 1. The van der Waals surface area contributed by atoms with E-state index in [1.54, 1.807) is 4.90 Å². The zero-order valence-electron chi connectivity index (χ0n) is 13.8. The predicted molar refractivity (Wildman–Crippen MR) is 94.7 cm³/mol. The molecule has 2 aliphatic heterocycles. The van der Waals surface area contributed by atoms with Crippen LogP contribution >= 0.6 is 0 Å². The van der Waals surface area contributed by atoms with Gasteiger partial charge < -0.3 is 9.64 Å². The highest BCUT2D eigenvalue weighted by Crippen LogP contribution is 2.28. The molecule has 0 aromatic heterocycles. The lowest BCUT2D eigenvalue weighted by molar-refractivity contribution is -0.118. The van der Waals surface area contributed by atoms with Gasteiger partial charge in [-0.3, -0.25) is 4.79 Å². The molecular formula is C18H23NO4S. The van der Waals surface area contributed by atoms with E-state index in [-0.39, 0.29) is 5.91 Å². The number of nitrogens with zero attached hydrogens (tertiary/aromatic N) is 1. The van der Waals surface area contributed by atoms with Crippen molar-refractivity contribution in [3.63, 3.8) is 0 Å². The van der Waals surface area contributed by atoms with Gasteiger partial charge in [0, 0.05) is 19.8 Å². The molecular weight excluding hydrogens is 326 g/mol. The minimum Gasteiger partial charge on any atom is -0.381 e. The Balaban J connectivity index is 1.86. The molecule has 24 heavy (non-hydrogen) atoms. The summed E-state index contributed by atoms with van der Waals surface area (Å²) in [6.45, 7) is 2.91. The van der Waals surface area contributed by atoms with Gasteiger partial charge >= 0.3 is 0 Å². The fraction of sp³-hybridized carbons (Fsp3) is 0.500. The third-order valence-corrected chi connectivity index (χ3v) is 7.37. The number of para-hydroxylation sites is 1. The summed E-state index contributed by atoms with van der Waals surface area (Å²) in [6, 6.07) is 7.60. The van der Waals surface area contributed by atoms with Gasteiger partial charge in [-0.25, -0.2) is 8.42 Å². The van der Waals surface area contributed by atoms with Crippen molar-refractivity contribution in [1.29, 1.82) is 0 Å². The monoisotopic (exact) mass is 349 g/mol. The van der Waals surface area contributed by atoms with Crippen LogP contribution in [0.4, 0.5) is 5.69 Å². The van der Waals surface area contributed by atoms with Crippen molar-refractivity contribution < 1.29 is 17.9 Å². The summed E-state index contributed by atoms with van der Waals surface area (Å²) in [5.74, 6) is -0.336. The molecule has 1 atom stereocenters. The number of hydrogen-bond donors (Lipinski definition) is 0. The molecule has 0 radical (unpaired) electrons. The second-order valence-electron chi connectivity index (χ2n) is 6.28. The van der Waals surface area contributed by atoms with Crippen LogP contribution in [0.25, 0.3) is 6.08 Å². The molecule has 1 fully saturated rings. The number of anilines is 1. The van der Waals surface area contributed by atoms with Crippen LogP contribution in [0.2, 0.25) is 0 Å².